The number of anilines is 1. The number of H-pyrrole nitrogens is 1. The van der Waals surface area contributed by atoms with E-state index in [4.69, 9.17) is 13.9 Å². The van der Waals surface area contributed by atoms with Crippen LogP contribution in [0.1, 0.15) is 16.3 Å². The smallest absolute Gasteiger partial charge is 0.293 e. The molecule has 0 radical (unpaired) electrons. The molecule has 1 aromatic carbocycles. The van der Waals surface area contributed by atoms with E-state index >= 15 is 0 Å². The monoisotopic (exact) mass is 314 g/mol. The molecule has 8 nitrogen and oxygen atoms in total. The number of ether oxygens (including phenoxy) is 2. The molecule has 2 heterocycles. The van der Waals surface area contributed by atoms with Crippen molar-refractivity contribution in [1.82, 2.24) is 15.2 Å². The summed E-state index contributed by atoms with van der Waals surface area (Å²) < 4.78 is 16.3. The molecule has 0 spiro atoms. The molecule has 23 heavy (non-hydrogen) atoms. The van der Waals surface area contributed by atoms with Gasteiger partial charge in [0.15, 0.2) is 17.3 Å². The van der Waals surface area contributed by atoms with E-state index in [2.05, 4.69) is 20.5 Å². The van der Waals surface area contributed by atoms with E-state index in [1.807, 2.05) is 12.1 Å². The van der Waals surface area contributed by atoms with Crippen molar-refractivity contribution in [3.8, 4) is 11.5 Å². The summed E-state index contributed by atoms with van der Waals surface area (Å²) in [5.74, 6) is 1.71. The van der Waals surface area contributed by atoms with Crippen LogP contribution >= 0.6 is 0 Å². The van der Waals surface area contributed by atoms with Crippen LogP contribution in [0.5, 0.6) is 11.5 Å². The lowest BCUT2D eigenvalue weighted by atomic mass is 10.3. The van der Waals surface area contributed by atoms with Crippen LogP contribution in [0.3, 0.4) is 0 Å². The molecular weight excluding hydrogens is 300 g/mol. The van der Waals surface area contributed by atoms with Gasteiger partial charge in [-0.15, -0.1) is 0 Å². The standard InChI is InChI=1S/C15H14N4O4/c1-21-11-4-2-3-5-12(11)22-8-10-6-7-13(23-10)14(20)18-15-16-9-17-19-15/h2-7,9H,8H2,1H3,(H2,16,17,18,19,20). The number of carbonyl (C=O) groups is 1. The fourth-order valence-electron chi connectivity index (χ4n) is 1.90. The van der Waals surface area contributed by atoms with Crippen molar-refractivity contribution in [2.75, 3.05) is 12.4 Å². The predicted molar refractivity (Wildman–Crippen MR) is 80.4 cm³/mol. The van der Waals surface area contributed by atoms with Crippen LogP contribution < -0.4 is 14.8 Å². The number of nitrogens with zero attached hydrogens (tertiary/aromatic N) is 2. The summed E-state index contributed by atoms with van der Waals surface area (Å²) in [7, 11) is 1.57. The first-order valence-electron chi connectivity index (χ1n) is 6.77. The fraction of sp³-hybridized carbons (Fsp3) is 0.133. The summed E-state index contributed by atoms with van der Waals surface area (Å²) >= 11 is 0. The normalized spacial score (nSPS) is 10.3. The number of hydrogen-bond acceptors (Lipinski definition) is 6. The molecule has 0 saturated carbocycles. The number of amides is 1. The zero-order chi connectivity index (χ0) is 16.1. The minimum absolute atomic E-state index is 0.153. The number of rotatable bonds is 6. The first-order valence-corrected chi connectivity index (χ1v) is 6.77. The average molecular weight is 314 g/mol. The number of furan rings is 1. The second kappa shape index (κ2) is 6.65. The molecule has 0 unspecified atom stereocenters. The largest absolute Gasteiger partial charge is 0.493 e. The van der Waals surface area contributed by atoms with Crippen molar-refractivity contribution in [2.24, 2.45) is 0 Å². The lowest BCUT2D eigenvalue weighted by Gasteiger charge is -2.08. The Morgan fingerprint density at radius 2 is 2.09 bits per heavy atom. The summed E-state index contributed by atoms with van der Waals surface area (Å²) in [4.78, 5) is 15.8. The molecule has 0 aliphatic carbocycles. The SMILES string of the molecule is COc1ccccc1OCc1ccc(C(=O)Nc2ncn[nH]2)o1. The minimum atomic E-state index is -0.426. The van der Waals surface area contributed by atoms with E-state index in [-0.39, 0.29) is 18.3 Å². The molecule has 8 heteroatoms. The second-order valence-electron chi connectivity index (χ2n) is 4.49. The second-order valence-corrected chi connectivity index (χ2v) is 4.49. The summed E-state index contributed by atoms with van der Waals surface area (Å²) in [5, 5.41) is 8.69. The minimum Gasteiger partial charge on any atom is -0.493 e. The topological polar surface area (TPSA) is 102 Å². The first kappa shape index (κ1) is 14.6. The number of aromatic nitrogens is 3. The Labute approximate surface area is 131 Å². The van der Waals surface area contributed by atoms with Crippen molar-refractivity contribution in [2.45, 2.75) is 6.61 Å². The van der Waals surface area contributed by atoms with Crippen LogP contribution in [-0.4, -0.2) is 28.2 Å². The average Bonchev–Trinajstić information content (AvgIpc) is 3.24. The van der Waals surface area contributed by atoms with Gasteiger partial charge in [0.1, 0.15) is 18.7 Å². The Bertz CT molecular complexity index is 782. The van der Waals surface area contributed by atoms with Crippen LogP contribution in [0.25, 0.3) is 0 Å². The Kier molecular flexibility index (Phi) is 4.23. The Morgan fingerprint density at radius 1 is 1.26 bits per heavy atom. The van der Waals surface area contributed by atoms with Gasteiger partial charge in [-0.25, -0.2) is 5.10 Å². The van der Waals surface area contributed by atoms with E-state index in [0.717, 1.165) is 0 Å². The maximum absolute atomic E-state index is 11.9. The zero-order valence-electron chi connectivity index (χ0n) is 12.3. The van der Waals surface area contributed by atoms with Crippen molar-refractivity contribution in [3.63, 3.8) is 0 Å². The van der Waals surface area contributed by atoms with Crippen LogP contribution in [0, 0.1) is 0 Å². The third kappa shape index (κ3) is 3.49. The van der Waals surface area contributed by atoms with Gasteiger partial charge in [0, 0.05) is 0 Å². The Morgan fingerprint density at radius 3 is 2.83 bits per heavy atom. The van der Waals surface area contributed by atoms with Crippen molar-refractivity contribution in [1.29, 1.82) is 0 Å². The van der Waals surface area contributed by atoms with E-state index < -0.39 is 5.91 Å². The van der Waals surface area contributed by atoms with Gasteiger partial charge in [-0.2, -0.15) is 10.1 Å². The van der Waals surface area contributed by atoms with E-state index in [1.54, 1.807) is 31.4 Å². The summed E-state index contributed by atoms with van der Waals surface area (Å²) in [6.07, 6.45) is 1.30. The quantitative estimate of drug-likeness (QED) is 0.723. The van der Waals surface area contributed by atoms with Crippen LogP contribution in [0.15, 0.2) is 47.1 Å². The van der Waals surface area contributed by atoms with Crippen LogP contribution in [-0.2, 0) is 6.61 Å². The highest BCUT2D eigenvalue weighted by Crippen LogP contribution is 2.26. The maximum atomic E-state index is 11.9. The van der Waals surface area contributed by atoms with Crippen LogP contribution in [0.4, 0.5) is 5.95 Å². The van der Waals surface area contributed by atoms with Gasteiger partial charge in [0.05, 0.1) is 7.11 Å². The molecule has 0 atom stereocenters. The Hall–Kier alpha value is -3.29. The predicted octanol–water partition coefficient (Wildman–Crippen LogP) is 2.24. The van der Waals surface area contributed by atoms with Gasteiger partial charge in [-0.05, 0) is 24.3 Å². The third-order valence-corrected chi connectivity index (χ3v) is 2.97. The molecule has 0 fully saturated rings. The number of methoxy groups -OCH3 is 1. The van der Waals surface area contributed by atoms with Gasteiger partial charge < -0.3 is 13.9 Å². The van der Waals surface area contributed by atoms with Gasteiger partial charge in [-0.1, -0.05) is 12.1 Å². The molecular formula is C15H14N4O4. The molecule has 0 bridgehead atoms. The van der Waals surface area contributed by atoms with Crippen molar-refractivity contribution < 1.29 is 18.7 Å². The molecule has 0 aliphatic rings. The van der Waals surface area contributed by atoms with Gasteiger partial charge in [0.2, 0.25) is 5.95 Å². The number of benzene rings is 1. The number of hydrogen-bond donors (Lipinski definition) is 2. The Balaban J connectivity index is 1.62. The number of carbonyl (C=O) groups excluding carboxylic acids is 1. The molecule has 2 N–H and O–H groups in total. The summed E-state index contributed by atoms with van der Waals surface area (Å²) in [6, 6.07) is 10.5. The molecule has 118 valence electrons. The van der Waals surface area contributed by atoms with Gasteiger partial charge in [-0.3, -0.25) is 10.1 Å². The van der Waals surface area contributed by atoms with E-state index in [9.17, 15) is 4.79 Å². The molecule has 1 amide bonds. The molecule has 2 aromatic heterocycles. The van der Waals surface area contributed by atoms with E-state index in [1.165, 1.54) is 6.33 Å². The molecule has 3 aromatic rings. The number of para-hydroxylation sites is 2. The number of aromatic amines is 1. The number of nitrogens with one attached hydrogen (secondary N) is 2. The highest BCUT2D eigenvalue weighted by atomic mass is 16.5. The lowest BCUT2D eigenvalue weighted by Crippen LogP contribution is -2.12. The van der Waals surface area contributed by atoms with Crippen LogP contribution in [0.2, 0.25) is 0 Å². The summed E-state index contributed by atoms with van der Waals surface area (Å²) in [6.45, 7) is 0.177. The molecule has 0 aliphatic heterocycles. The zero-order valence-corrected chi connectivity index (χ0v) is 12.3. The van der Waals surface area contributed by atoms with Crippen molar-refractivity contribution >= 4 is 11.9 Å². The lowest BCUT2D eigenvalue weighted by molar-refractivity contribution is 0.0991. The maximum Gasteiger partial charge on any atom is 0.293 e. The van der Waals surface area contributed by atoms with Gasteiger partial charge >= 0.3 is 0 Å². The summed E-state index contributed by atoms with van der Waals surface area (Å²) in [5.41, 5.74) is 0. The molecule has 0 saturated heterocycles. The van der Waals surface area contributed by atoms with Crippen molar-refractivity contribution in [3.05, 3.63) is 54.2 Å². The highest BCUT2D eigenvalue weighted by Gasteiger charge is 2.13. The highest BCUT2D eigenvalue weighted by molar-refractivity contribution is 6.01. The third-order valence-electron chi connectivity index (χ3n) is 2.97. The van der Waals surface area contributed by atoms with Gasteiger partial charge in [0.25, 0.3) is 5.91 Å². The first-order chi connectivity index (χ1) is 11.3. The van der Waals surface area contributed by atoms with E-state index in [0.29, 0.717) is 17.3 Å². The molecule has 3 rings (SSSR count). The fourth-order valence-corrected chi connectivity index (χ4v) is 1.90.